The summed E-state index contributed by atoms with van der Waals surface area (Å²) in [5.74, 6) is -1.05. The van der Waals surface area contributed by atoms with Gasteiger partial charge in [-0.25, -0.2) is 4.39 Å². The second-order valence-corrected chi connectivity index (χ2v) is 7.65. The number of amides is 2. The topological polar surface area (TPSA) is 78.7 Å². The van der Waals surface area contributed by atoms with E-state index in [4.69, 9.17) is 17.3 Å². The van der Waals surface area contributed by atoms with Gasteiger partial charge in [0.05, 0.1) is 12.1 Å². The van der Waals surface area contributed by atoms with Crippen LogP contribution in [0.3, 0.4) is 0 Å². The predicted molar refractivity (Wildman–Crippen MR) is 105 cm³/mol. The molecule has 1 saturated heterocycles. The Kier molecular flexibility index (Phi) is 6.43. The molecule has 3 rings (SSSR count). The van der Waals surface area contributed by atoms with Gasteiger partial charge in [-0.15, -0.1) is 11.3 Å². The predicted octanol–water partition coefficient (Wildman–Crippen LogP) is 2.40. The van der Waals surface area contributed by atoms with E-state index in [1.807, 2.05) is 4.90 Å². The Morgan fingerprint density at radius 1 is 1.19 bits per heavy atom. The molecule has 0 aliphatic carbocycles. The zero-order chi connectivity index (χ0) is 19.4. The standard InChI is InChI=1S/C18H20ClFN4O2S/c19-14-2-1-3-15(20)13(14)10-23-5-7-24(8-6-23)11-16(25)22-18-12(17(21)26)4-9-27-18/h1-4,9H,5-8,10-11H2,(H2,21,26)(H,22,25). The molecule has 0 atom stereocenters. The summed E-state index contributed by atoms with van der Waals surface area (Å²) in [5, 5.41) is 5.35. The van der Waals surface area contributed by atoms with E-state index in [2.05, 4.69) is 10.2 Å². The van der Waals surface area contributed by atoms with Crippen LogP contribution in [0.1, 0.15) is 15.9 Å². The summed E-state index contributed by atoms with van der Waals surface area (Å²) in [7, 11) is 0. The second kappa shape index (κ2) is 8.79. The number of halogens is 2. The summed E-state index contributed by atoms with van der Waals surface area (Å²) in [6.07, 6.45) is 0. The first-order valence-corrected chi connectivity index (χ1v) is 9.74. The Hall–Kier alpha value is -2.00. The molecule has 1 aromatic carbocycles. The molecule has 0 radical (unpaired) electrons. The fourth-order valence-corrected chi connectivity index (χ4v) is 4.01. The Morgan fingerprint density at radius 2 is 1.89 bits per heavy atom. The summed E-state index contributed by atoms with van der Waals surface area (Å²) in [5.41, 5.74) is 6.10. The van der Waals surface area contributed by atoms with Crippen LogP contribution in [0.15, 0.2) is 29.6 Å². The van der Waals surface area contributed by atoms with Gasteiger partial charge < -0.3 is 11.1 Å². The Labute approximate surface area is 165 Å². The molecule has 1 aliphatic heterocycles. The normalized spacial score (nSPS) is 15.6. The monoisotopic (exact) mass is 410 g/mol. The van der Waals surface area contributed by atoms with Crippen LogP contribution in [0.5, 0.6) is 0 Å². The Balaban J connectivity index is 1.48. The first-order valence-electron chi connectivity index (χ1n) is 8.49. The number of thiophene rings is 1. The summed E-state index contributed by atoms with van der Waals surface area (Å²) in [6, 6.07) is 6.28. The molecule has 2 amide bonds. The molecular weight excluding hydrogens is 391 g/mol. The Bertz CT molecular complexity index is 816. The number of anilines is 1. The van der Waals surface area contributed by atoms with Gasteiger partial charge in [0, 0.05) is 43.3 Å². The van der Waals surface area contributed by atoms with Gasteiger partial charge >= 0.3 is 0 Å². The first kappa shape index (κ1) is 19.8. The van der Waals surface area contributed by atoms with E-state index < -0.39 is 5.91 Å². The van der Waals surface area contributed by atoms with Crippen molar-refractivity contribution in [1.82, 2.24) is 9.80 Å². The molecule has 1 aromatic heterocycles. The van der Waals surface area contributed by atoms with Crippen LogP contribution in [-0.2, 0) is 11.3 Å². The third kappa shape index (κ3) is 5.04. The molecule has 6 nitrogen and oxygen atoms in total. The zero-order valence-electron chi connectivity index (χ0n) is 14.6. The highest BCUT2D eigenvalue weighted by Gasteiger charge is 2.21. The lowest BCUT2D eigenvalue weighted by molar-refractivity contribution is -0.117. The van der Waals surface area contributed by atoms with Crippen molar-refractivity contribution < 1.29 is 14.0 Å². The maximum atomic E-state index is 13.9. The fourth-order valence-electron chi connectivity index (χ4n) is 2.98. The van der Waals surface area contributed by atoms with Crippen LogP contribution in [0.4, 0.5) is 9.39 Å². The van der Waals surface area contributed by atoms with E-state index in [0.29, 0.717) is 53.9 Å². The van der Waals surface area contributed by atoms with E-state index in [1.165, 1.54) is 17.4 Å². The number of primary amides is 1. The zero-order valence-corrected chi connectivity index (χ0v) is 16.2. The van der Waals surface area contributed by atoms with Crippen LogP contribution >= 0.6 is 22.9 Å². The average molecular weight is 411 g/mol. The van der Waals surface area contributed by atoms with Gasteiger partial charge in [0.25, 0.3) is 5.91 Å². The van der Waals surface area contributed by atoms with Crippen molar-refractivity contribution in [3.05, 3.63) is 51.6 Å². The fraction of sp³-hybridized carbons (Fsp3) is 0.333. The molecule has 0 saturated carbocycles. The van der Waals surface area contributed by atoms with Gasteiger partial charge in [-0.05, 0) is 23.6 Å². The van der Waals surface area contributed by atoms with E-state index in [9.17, 15) is 14.0 Å². The molecule has 27 heavy (non-hydrogen) atoms. The van der Waals surface area contributed by atoms with Crippen LogP contribution in [0.25, 0.3) is 0 Å². The van der Waals surface area contributed by atoms with Crippen LogP contribution in [0, 0.1) is 5.82 Å². The van der Waals surface area contributed by atoms with Crippen molar-refractivity contribution in [2.24, 2.45) is 5.73 Å². The number of piperazine rings is 1. The summed E-state index contributed by atoms with van der Waals surface area (Å²) in [6.45, 7) is 3.47. The molecule has 1 fully saturated rings. The van der Waals surface area contributed by atoms with Gasteiger partial charge in [0.15, 0.2) is 0 Å². The average Bonchev–Trinajstić information content (AvgIpc) is 3.08. The van der Waals surface area contributed by atoms with Crippen molar-refractivity contribution in [1.29, 1.82) is 0 Å². The van der Waals surface area contributed by atoms with E-state index in [-0.39, 0.29) is 18.3 Å². The highest BCUT2D eigenvalue weighted by atomic mass is 35.5. The summed E-state index contributed by atoms with van der Waals surface area (Å²) < 4.78 is 13.9. The lowest BCUT2D eigenvalue weighted by atomic mass is 10.2. The van der Waals surface area contributed by atoms with E-state index in [0.717, 1.165) is 0 Å². The summed E-state index contributed by atoms with van der Waals surface area (Å²) >= 11 is 7.35. The molecule has 0 bridgehead atoms. The first-order chi connectivity index (χ1) is 12.9. The number of rotatable bonds is 6. The number of hydrogen-bond donors (Lipinski definition) is 2. The number of carbonyl (C=O) groups excluding carboxylic acids is 2. The molecule has 9 heteroatoms. The number of nitrogens with zero attached hydrogens (tertiary/aromatic N) is 2. The minimum absolute atomic E-state index is 0.189. The molecule has 2 heterocycles. The molecular formula is C18H20ClFN4O2S. The van der Waals surface area contributed by atoms with Gasteiger partial charge in [0.1, 0.15) is 10.8 Å². The molecule has 3 N–H and O–H groups in total. The Morgan fingerprint density at radius 3 is 2.56 bits per heavy atom. The molecule has 1 aliphatic rings. The van der Waals surface area contributed by atoms with Gasteiger partial charge in [-0.3, -0.25) is 19.4 Å². The highest BCUT2D eigenvalue weighted by molar-refractivity contribution is 7.14. The van der Waals surface area contributed by atoms with Crippen LogP contribution in [-0.4, -0.2) is 54.3 Å². The van der Waals surface area contributed by atoms with E-state index >= 15 is 0 Å². The third-order valence-corrected chi connectivity index (χ3v) is 5.64. The smallest absolute Gasteiger partial charge is 0.251 e. The van der Waals surface area contributed by atoms with Gasteiger partial charge in [0.2, 0.25) is 5.91 Å². The van der Waals surface area contributed by atoms with Crippen LogP contribution < -0.4 is 11.1 Å². The van der Waals surface area contributed by atoms with Gasteiger partial charge in [-0.1, -0.05) is 17.7 Å². The third-order valence-electron chi connectivity index (χ3n) is 4.46. The van der Waals surface area contributed by atoms with Gasteiger partial charge in [-0.2, -0.15) is 0 Å². The summed E-state index contributed by atoms with van der Waals surface area (Å²) in [4.78, 5) is 27.7. The quantitative estimate of drug-likeness (QED) is 0.766. The second-order valence-electron chi connectivity index (χ2n) is 6.33. The van der Waals surface area contributed by atoms with E-state index in [1.54, 1.807) is 23.6 Å². The highest BCUT2D eigenvalue weighted by Crippen LogP contribution is 2.23. The minimum Gasteiger partial charge on any atom is -0.366 e. The molecule has 144 valence electrons. The molecule has 0 unspecified atom stereocenters. The van der Waals surface area contributed by atoms with Crippen molar-refractivity contribution in [2.75, 3.05) is 38.0 Å². The number of hydrogen-bond acceptors (Lipinski definition) is 5. The molecule has 2 aromatic rings. The largest absolute Gasteiger partial charge is 0.366 e. The van der Waals surface area contributed by atoms with Crippen molar-refractivity contribution in [3.8, 4) is 0 Å². The number of carbonyl (C=O) groups is 2. The van der Waals surface area contributed by atoms with Crippen molar-refractivity contribution in [3.63, 3.8) is 0 Å². The maximum absolute atomic E-state index is 13.9. The number of nitrogens with one attached hydrogen (secondary N) is 1. The van der Waals surface area contributed by atoms with Crippen molar-refractivity contribution >= 4 is 39.8 Å². The maximum Gasteiger partial charge on any atom is 0.251 e. The minimum atomic E-state index is -0.563. The van der Waals surface area contributed by atoms with Crippen LogP contribution in [0.2, 0.25) is 5.02 Å². The lowest BCUT2D eigenvalue weighted by Crippen LogP contribution is -2.48. The van der Waals surface area contributed by atoms with Crippen molar-refractivity contribution in [2.45, 2.75) is 6.54 Å². The molecule has 0 spiro atoms. The number of benzene rings is 1. The lowest BCUT2D eigenvalue weighted by Gasteiger charge is -2.34. The SMILES string of the molecule is NC(=O)c1ccsc1NC(=O)CN1CCN(Cc2c(F)cccc2Cl)CC1. The number of nitrogens with two attached hydrogens (primary N) is 1.